The van der Waals surface area contributed by atoms with Crippen LogP contribution in [-0.2, 0) is 19.1 Å². The summed E-state index contributed by atoms with van der Waals surface area (Å²) in [5.74, 6) is -0.928. The number of aliphatic hydroxyl groups is 1. The number of morpholine rings is 1. The summed E-state index contributed by atoms with van der Waals surface area (Å²) in [6, 6.07) is 0. The molecule has 102 valence electrons. The van der Waals surface area contributed by atoms with Gasteiger partial charge in [-0.2, -0.15) is 0 Å². The fourth-order valence-electron chi connectivity index (χ4n) is 2.16. The van der Waals surface area contributed by atoms with Gasteiger partial charge in [0.25, 0.3) is 5.95 Å². The molecular weight excluding hydrogens is 240 g/mol. The molecule has 0 radical (unpaired) electrons. The van der Waals surface area contributed by atoms with Crippen molar-refractivity contribution in [2.45, 2.75) is 13.1 Å². The molecule has 2 fully saturated rings. The van der Waals surface area contributed by atoms with Crippen LogP contribution in [0.1, 0.15) is 6.92 Å². The summed E-state index contributed by atoms with van der Waals surface area (Å²) >= 11 is 0. The van der Waals surface area contributed by atoms with E-state index in [1.807, 2.05) is 4.90 Å². The van der Waals surface area contributed by atoms with Gasteiger partial charge in [0.05, 0.1) is 19.8 Å². The third-order valence-electron chi connectivity index (χ3n) is 2.95. The van der Waals surface area contributed by atoms with Gasteiger partial charge in [-0.3, -0.25) is 4.90 Å². The summed E-state index contributed by atoms with van der Waals surface area (Å²) in [7, 11) is 1.66. The zero-order chi connectivity index (χ0) is 13.1. The van der Waals surface area contributed by atoms with Crippen molar-refractivity contribution in [2.24, 2.45) is 0 Å². The first kappa shape index (κ1) is 13.1. The third-order valence-corrected chi connectivity index (χ3v) is 2.95. The zero-order valence-corrected chi connectivity index (χ0v) is 10.6. The van der Waals surface area contributed by atoms with E-state index in [4.69, 9.17) is 14.3 Å². The molecule has 1 atom stereocenters. The highest BCUT2D eigenvalue weighted by atomic mass is 16.7. The lowest BCUT2D eigenvalue weighted by atomic mass is 10.2. The van der Waals surface area contributed by atoms with Gasteiger partial charge in [0.1, 0.15) is 6.17 Å². The molecule has 0 spiro atoms. The van der Waals surface area contributed by atoms with E-state index in [2.05, 4.69) is 0 Å². The van der Waals surface area contributed by atoms with E-state index in [-0.39, 0.29) is 11.5 Å². The van der Waals surface area contributed by atoms with Gasteiger partial charge in [-0.15, -0.1) is 5.06 Å². The van der Waals surface area contributed by atoms with E-state index in [1.165, 1.54) is 5.06 Å². The molecule has 2 aliphatic heterocycles. The van der Waals surface area contributed by atoms with E-state index >= 15 is 0 Å². The maximum atomic E-state index is 11.7. The monoisotopic (exact) mass is 258 g/mol. The fraction of sp³-hybridized carbons (Fsp3) is 0.727. The Kier molecular flexibility index (Phi) is 4.05. The Bertz CT molecular complexity index is 351. The number of likely N-dealkylation sites (N-methyl/N-ethyl adjacent to an activating group) is 1. The molecule has 1 N–H and O–H groups in total. The molecule has 7 nitrogen and oxygen atoms in total. The van der Waals surface area contributed by atoms with E-state index < -0.39 is 12.1 Å². The topological polar surface area (TPSA) is 71.5 Å². The number of carbonyl (C=O) groups is 1. The van der Waals surface area contributed by atoms with Gasteiger partial charge >= 0.3 is 5.97 Å². The first-order valence-electron chi connectivity index (χ1n) is 5.98. The van der Waals surface area contributed by atoms with Crippen molar-refractivity contribution in [3.63, 3.8) is 0 Å². The number of hydrogen-bond donors (Lipinski definition) is 1. The largest absolute Gasteiger partial charge is 0.481 e. The Hall–Kier alpha value is -1.31. The summed E-state index contributed by atoms with van der Waals surface area (Å²) in [6.07, 6.45) is -0.423. The van der Waals surface area contributed by atoms with Crippen molar-refractivity contribution in [1.29, 1.82) is 0 Å². The second kappa shape index (κ2) is 5.55. The molecule has 0 aliphatic carbocycles. The first-order chi connectivity index (χ1) is 8.65. The summed E-state index contributed by atoms with van der Waals surface area (Å²) in [4.78, 5) is 18.8. The molecule has 0 amide bonds. The predicted molar refractivity (Wildman–Crippen MR) is 61.3 cm³/mol. The molecule has 0 saturated carbocycles. The lowest BCUT2D eigenvalue weighted by Crippen LogP contribution is -2.49. The van der Waals surface area contributed by atoms with Crippen LogP contribution in [0.5, 0.6) is 0 Å². The number of aliphatic hydroxyl groups excluding tert-OH is 1. The van der Waals surface area contributed by atoms with Crippen LogP contribution in [0.4, 0.5) is 0 Å². The highest BCUT2D eigenvalue weighted by Gasteiger charge is 2.44. The smallest absolute Gasteiger partial charge is 0.363 e. The molecule has 18 heavy (non-hydrogen) atoms. The van der Waals surface area contributed by atoms with Crippen LogP contribution < -0.4 is 0 Å². The van der Waals surface area contributed by atoms with Crippen molar-refractivity contribution in [2.75, 3.05) is 40.0 Å². The minimum Gasteiger partial charge on any atom is -0.481 e. The van der Waals surface area contributed by atoms with Crippen LogP contribution in [0.3, 0.4) is 0 Å². The molecule has 2 saturated heterocycles. The Labute approximate surface area is 105 Å². The van der Waals surface area contributed by atoms with Crippen LogP contribution in [0, 0.1) is 0 Å². The minimum absolute atomic E-state index is 0.154. The molecule has 2 heterocycles. The van der Waals surface area contributed by atoms with E-state index in [0.717, 1.165) is 0 Å². The van der Waals surface area contributed by atoms with E-state index in [9.17, 15) is 9.90 Å². The molecule has 2 aliphatic rings. The van der Waals surface area contributed by atoms with Crippen LogP contribution in [0.2, 0.25) is 0 Å². The number of ether oxygens (including phenoxy) is 2. The molecule has 0 aromatic rings. The maximum Gasteiger partial charge on any atom is 0.363 e. The number of hydroxylamine groups is 2. The lowest BCUT2D eigenvalue weighted by Gasteiger charge is -2.33. The Morgan fingerprint density at radius 1 is 1.50 bits per heavy atom. The summed E-state index contributed by atoms with van der Waals surface area (Å²) in [5.41, 5.74) is 0.154. The van der Waals surface area contributed by atoms with Gasteiger partial charge in [-0.05, 0) is 6.92 Å². The zero-order valence-electron chi connectivity index (χ0n) is 10.6. The van der Waals surface area contributed by atoms with Gasteiger partial charge < -0.3 is 19.4 Å². The highest BCUT2D eigenvalue weighted by molar-refractivity contribution is 5.91. The quantitative estimate of drug-likeness (QED) is 0.557. The standard InChI is InChI=1S/C11H18N2O5/c1-3-17-10(14)8-9(12(2)18-11(8)15)13-4-6-16-7-5-13/h9,14H,3-7H2,1-2H3/b10-8-. The van der Waals surface area contributed by atoms with E-state index in [0.29, 0.717) is 32.9 Å². The molecule has 1 unspecified atom stereocenters. The second-order valence-electron chi connectivity index (χ2n) is 4.10. The van der Waals surface area contributed by atoms with Crippen molar-refractivity contribution in [3.05, 3.63) is 11.5 Å². The number of carbonyl (C=O) groups excluding carboxylic acids is 1. The van der Waals surface area contributed by atoms with Crippen molar-refractivity contribution in [1.82, 2.24) is 9.96 Å². The van der Waals surface area contributed by atoms with Gasteiger partial charge in [0.15, 0.2) is 5.57 Å². The summed E-state index contributed by atoms with van der Waals surface area (Å²) in [6.45, 7) is 4.58. The Morgan fingerprint density at radius 3 is 2.78 bits per heavy atom. The van der Waals surface area contributed by atoms with Gasteiger partial charge in [0, 0.05) is 20.1 Å². The maximum absolute atomic E-state index is 11.7. The van der Waals surface area contributed by atoms with Crippen molar-refractivity contribution in [3.8, 4) is 0 Å². The number of hydrogen-bond acceptors (Lipinski definition) is 7. The third kappa shape index (κ3) is 2.43. The molecular formula is C11H18N2O5. The number of nitrogens with zero attached hydrogens (tertiary/aromatic N) is 2. The van der Waals surface area contributed by atoms with Crippen LogP contribution in [-0.4, -0.2) is 67.2 Å². The first-order valence-corrected chi connectivity index (χ1v) is 5.98. The minimum atomic E-state index is -0.569. The Morgan fingerprint density at radius 2 is 2.17 bits per heavy atom. The van der Waals surface area contributed by atoms with Crippen molar-refractivity contribution >= 4 is 5.97 Å². The van der Waals surface area contributed by atoms with Gasteiger partial charge in [-0.1, -0.05) is 0 Å². The van der Waals surface area contributed by atoms with Crippen molar-refractivity contribution < 1.29 is 24.2 Å². The molecule has 0 aromatic carbocycles. The second-order valence-corrected chi connectivity index (χ2v) is 4.10. The van der Waals surface area contributed by atoms with Crippen LogP contribution in [0.15, 0.2) is 11.5 Å². The van der Waals surface area contributed by atoms with Gasteiger partial charge in [0.2, 0.25) is 0 Å². The molecule has 7 heteroatoms. The van der Waals surface area contributed by atoms with Gasteiger partial charge in [-0.25, -0.2) is 4.79 Å². The summed E-state index contributed by atoms with van der Waals surface area (Å²) in [5, 5.41) is 11.2. The normalized spacial score (nSPS) is 29.2. The Balaban J connectivity index is 2.23. The summed E-state index contributed by atoms with van der Waals surface area (Å²) < 4.78 is 10.3. The number of rotatable bonds is 3. The average molecular weight is 258 g/mol. The fourth-order valence-corrected chi connectivity index (χ4v) is 2.16. The molecule has 2 rings (SSSR count). The molecule has 0 bridgehead atoms. The van der Waals surface area contributed by atoms with Crippen LogP contribution >= 0.6 is 0 Å². The lowest BCUT2D eigenvalue weighted by molar-refractivity contribution is -0.179. The molecule has 0 aromatic heterocycles. The van der Waals surface area contributed by atoms with Crippen LogP contribution in [0.25, 0.3) is 0 Å². The highest BCUT2D eigenvalue weighted by Crippen LogP contribution is 2.26. The average Bonchev–Trinajstić information content (AvgIpc) is 2.65. The predicted octanol–water partition coefficient (Wildman–Crippen LogP) is -0.146. The van der Waals surface area contributed by atoms with E-state index in [1.54, 1.807) is 14.0 Å². The SMILES string of the molecule is CCO/C(O)=C1\C(=O)ON(C)C1N1CCOCC1.